The summed E-state index contributed by atoms with van der Waals surface area (Å²) in [6.07, 6.45) is 0.649. The molecule has 23 heavy (non-hydrogen) atoms. The van der Waals surface area contributed by atoms with E-state index >= 15 is 0 Å². The molecule has 0 amide bonds. The Bertz CT molecular complexity index is 620. The lowest BCUT2D eigenvalue weighted by Crippen LogP contribution is -2.28. The van der Waals surface area contributed by atoms with E-state index in [0.717, 1.165) is 17.2 Å². The Morgan fingerprint density at radius 1 is 1.04 bits per heavy atom. The molecular formula is C19H20O4. The van der Waals surface area contributed by atoms with Gasteiger partial charge in [0.2, 0.25) is 0 Å². The van der Waals surface area contributed by atoms with Crippen LogP contribution in [0.1, 0.15) is 0 Å². The summed E-state index contributed by atoms with van der Waals surface area (Å²) in [5, 5.41) is 0. The maximum atomic E-state index is 11.3. The summed E-state index contributed by atoms with van der Waals surface area (Å²) < 4.78 is 15.8. The van der Waals surface area contributed by atoms with Crippen molar-refractivity contribution >= 4 is 5.97 Å². The lowest BCUT2D eigenvalue weighted by atomic mass is 10.1. The van der Waals surface area contributed by atoms with Gasteiger partial charge >= 0.3 is 5.97 Å². The molecule has 0 aliphatic heterocycles. The SMILES string of the molecule is C=CC(=O)OC(COC)COc1ccc(-c2ccccc2)cc1. The second-order valence-electron chi connectivity index (χ2n) is 4.92. The van der Waals surface area contributed by atoms with Gasteiger partial charge in [-0.15, -0.1) is 0 Å². The van der Waals surface area contributed by atoms with E-state index in [0.29, 0.717) is 5.75 Å². The summed E-state index contributed by atoms with van der Waals surface area (Å²) in [5.41, 5.74) is 2.26. The third-order valence-electron chi connectivity index (χ3n) is 3.20. The van der Waals surface area contributed by atoms with Gasteiger partial charge in [0.25, 0.3) is 0 Å². The highest BCUT2D eigenvalue weighted by atomic mass is 16.6. The van der Waals surface area contributed by atoms with Gasteiger partial charge in [-0.2, -0.15) is 0 Å². The molecule has 4 nitrogen and oxygen atoms in total. The minimum Gasteiger partial charge on any atom is -0.490 e. The first-order valence-corrected chi connectivity index (χ1v) is 7.33. The lowest BCUT2D eigenvalue weighted by molar-refractivity contribution is -0.147. The van der Waals surface area contributed by atoms with Gasteiger partial charge in [0.1, 0.15) is 12.4 Å². The molecule has 0 N–H and O–H groups in total. The molecule has 2 aromatic carbocycles. The second kappa shape index (κ2) is 8.76. The molecule has 2 aromatic rings. The number of rotatable bonds is 8. The fourth-order valence-electron chi connectivity index (χ4n) is 2.08. The van der Waals surface area contributed by atoms with Crippen LogP contribution in [-0.4, -0.2) is 32.4 Å². The monoisotopic (exact) mass is 312 g/mol. The van der Waals surface area contributed by atoms with Crippen LogP contribution in [0.5, 0.6) is 5.75 Å². The third-order valence-corrected chi connectivity index (χ3v) is 3.20. The number of carbonyl (C=O) groups is 1. The number of hydrogen-bond donors (Lipinski definition) is 0. The minimum atomic E-state index is -0.491. The van der Waals surface area contributed by atoms with Gasteiger partial charge in [0, 0.05) is 13.2 Å². The van der Waals surface area contributed by atoms with Crippen LogP contribution in [0, 0.1) is 0 Å². The molecule has 0 aliphatic carbocycles. The van der Waals surface area contributed by atoms with Crippen LogP contribution < -0.4 is 4.74 Å². The van der Waals surface area contributed by atoms with Crippen molar-refractivity contribution in [2.45, 2.75) is 6.10 Å². The molecule has 4 heteroatoms. The molecule has 1 unspecified atom stereocenters. The molecule has 0 bridgehead atoms. The Kier molecular flexibility index (Phi) is 6.39. The quantitative estimate of drug-likeness (QED) is 0.553. The molecule has 0 heterocycles. The van der Waals surface area contributed by atoms with Crippen LogP contribution in [0.3, 0.4) is 0 Å². The fourth-order valence-corrected chi connectivity index (χ4v) is 2.08. The van der Waals surface area contributed by atoms with Crippen LogP contribution in [-0.2, 0) is 14.3 Å². The number of methoxy groups -OCH3 is 1. The summed E-state index contributed by atoms with van der Waals surface area (Å²) in [6.45, 7) is 3.86. The van der Waals surface area contributed by atoms with Gasteiger partial charge in [0.05, 0.1) is 6.61 Å². The van der Waals surface area contributed by atoms with Crippen LogP contribution in [0.4, 0.5) is 0 Å². The van der Waals surface area contributed by atoms with Gasteiger partial charge < -0.3 is 14.2 Å². The molecule has 0 spiro atoms. The van der Waals surface area contributed by atoms with Gasteiger partial charge in [0.15, 0.2) is 6.10 Å². The van der Waals surface area contributed by atoms with Crippen molar-refractivity contribution in [3.05, 3.63) is 67.3 Å². The highest BCUT2D eigenvalue weighted by Crippen LogP contribution is 2.22. The molecule has 0 radical (unpaired) electrons. The van der Waals surface area contributed by atoms with E-state index in [1.165, 1.54) is 0 Å². The first-order chi connectivity index (χ1) is 11.2. The van der Waals surface area contributed by atoms with Gasteiger partial charge in [-0.05, 0) is 23.3 Å². The van der Waals surface area contributed by atoms with E-state index in [4.69, 9.17) is 14.2 Å². The number of benzene rings is 2. The van der Waals surface area contributed by atoms with Gasteiger partial charge in [-0.3, -0.25) is 0 Å². The predicted octanol–water partition coefficient (Wildman–Crippen LogP) is 3.48. The zero-order chi connectivity index (χ0) is 16.5. The van der Waals surface area contributed by atoms with Crippen molar-refractivity contribution < 1.29 is 19.0 Å². The van der Waals surface area contributed by atoms with E-state index in [9.17, 15) is 4.79 Å². The van der Waals surface area contributed by atoms with Crippen molar-refractivity contribution in [1.82, 2.24) is 0 Å². The maximum Gasteiger partial charge on any atom is 0.330 e. The summed E-state index contributed by atoms with van der Waals surface area (Å²) in [4.78, 5) is 11.3. The minimum absolute atomic E-state index is 0.220. The van der Waals surface area contributed by atoms with Crippen LogP contribution >= 0.6 is 0 Å². The highest BCUT2D eigenvalue weighted by molar-refractivity contribution is 5.81. The van der Waals surface area contributed by atoms with Crippen LogP contribution in [0.2, 0.25) is 0 Å². The van der Waals surface area contributed by atoms with E-state index in [1.54, 1.807) is 7.11 Å². The molecule has 1 atom stereocenters. The Balaban J connectivity index is 1.94. The maximum absolute atomic E-state index is 11.3. The lowest BCUT2D eigenvalue weighted by Gasteiger charge is -2.17. The van der Waals surface area contributed by atoms with Crippen molar-refractivity contribution in [2.75, 3.05) is 20.3 Å². The molecule has 0 saturated heterocycles. The second-order valence-corrected chi connectivity index (χ2v) is 4.92. The van der Waals surface area contributed by atoms with Crippen molar-refractivity contribution in [3.8, 4) is 16.9 Å². The Labute approximate surface area is 136 Å². The zero-order valence-electron chi connectivity index (χ0n) is 13.1. The predicted molar refractivity (Wildman–Crippen MR) is 89.3 cm³/mol. The van der Waals surface area contributed by atoms with Gasteiger partial charge in [-0.1, -0.05) is 49.0 Å². The topological polar surface area (TPSA) is 44.8 Å². The Morgan fingerprint density at radius 3 is 2.30 bits per heavy atom. The average molecular weight is 312 g/mol. The number of carbonyl (C=O) groups excluding carboxylic acids is 1. The summed E-state index contributed by atoms with van der Waals surface area (Å²) >= 11 is 0. The van der Waals surface area contributed by atoms with E-state index in [-0.39, 0.29) is 13.2 Å². The van der Waals surface area contributed by atoms with E-state index < -0.39 is 12.1 Å². The van der Waals surface area contributed by atoms with Crippen molar-refractivity contribution in [1.29, 1.82) is 0 Å². The first kappa shape index (κ1) is 16.8. The molecule has 0 aliphatic rings. The highest BCUT2D eigenvalue weighted by Gasteiger charge is 2.13. The normalized spacial score (nSPS) is 11.5. The molecule has 0 saturated carbocycles. The Hall–Kier alpha value is -2.59. The average Bonchev–Trinajstić information content (AvgIpc) is 2.61. The van der Waals surface area contributed by atoms with E-state index in [2.05, 4.69) is 18.7 Å². The van der Waals surface area contributed by atoms with E-state index in [1.807, 2.05) is 42.5 Å². The van der Waals surface area contributed by atoms with Crippen LogP contribution in [0.25, 0.3) is 11.1 Å². The summed E-state index contributed by atoms with van der Waals surface area (Å²) in [5.74, 6) is 0.218. The summed E-state index contributed by atoms with van der Waals surface area (Å²) in [7, 11) is 1.55. The number of hydrogen-bond acceptors (Lipinski definition) is 4. The summed E-state index contributed by atoms with van der Waals surface area (Å²) in [6, 6.07) is 17.9. The third kappa shape index (κ3) is 5.27. The fraction of sp³-hybridized carbons (Fsp3) is 0.211. The molecule has 0 aromatic heterocycles. The van der Waals surface area contributed by atoms with Crippen LogP contribution in [0.15, 0.2) is 67.3 Å². The molecular weight excluding hydrogens is 292 g/mol. The van der Waals surface area contributed by atoms with Crippen molar-refractivity contribution in [2.24, 2.45) is 0 Å². The molecule has 120 valence electrons. The van der Waals surface area contributed by atoms with Gasteiger partial charge in [-0.25, -0.2) is 4.79 Å². The largest absolute Gasteiger partial charge is 0.490 e. The zero-order valence-corrected chi connectivity index (χ0v) is 13.1. The molecule has 2 rings (SSSR count). The smallest absolute Gasteiger partial charge is 0.330 e. The first-order valence-electron chi connectivity index (χ1n) is 7.33. The molecule has 0 fully saturated rings. The standard InChI is InChI=1S/C19H20O4/c1-3-19(20)23-18(13-21-2)14-22-17-11-9-16(10-12-17)15-7-5-4-6-8-15/h3-12,18H,1,13-14H2,2H3. The number of ether oxygens (including phenoxy) is 3. The number of esters is 1. The van der Waals surface area contributed by atoms with Crippen molar-refractivity contribution in [3.63, 3.8) is 0 Å². The Morgan fingerprint density at radius 2 is 1.70 bits per heavy atom.